The molecule has 1 unspecified atom stereocenters. The van der Waals surface area contributed by atoms with E-state index in [0.717, 1.165) is 6.42 Å². The molecule has 98 valence electrons. The highest BCUT2D eigenvalue weighted by molar-refractivity contribution is 5.50. The SMILES string of the molecule is CCCCC(CC)COc1ccc(N)c(C#N)n1. The van der Waals surface area contributed by atoms with Gasteiger partial charge in [0.15, 0.2) is 5.69 Å². The molecule has 0 saturated heterocycles. The second-order valence-corrected chi connectivity index (χ2v) is 4.43. The fourth-order valence-electron chi connectivity index (χ4n) is 1.72. The van der Waals surface area contributed by atoms with Crippen molar-refractivity contribution in [3.05, 3.63) is 17.8 Å². The van der Waals surface area contributed by atoms with E-state index >= 15 is 0 Å². The molecule has 0 amide bonds. The third-order valence-electron chi connectivity index (χ3n) is 3.02. The third-order valence-corrected chi connectivity index (χ3v) is 3.02. The standard InChI is InChI=1S/C14H21N3O/c1-3-5-6-11(4-2)10-18-14-8-7-12(16)13(9-15)17-14/h7-8,11H,3-6,10,16H2,1-2H3. The molecule has 0 aromatic carbocycles. The van der Waals surface area contributed by atoms with Crippen molar-refractivity contribution < 1.29 is 4.74 Å². The van der Waals surface area contributed by atoms with E-state index in [0.29, 0.717) is 24.1 Å². The summed E-state index contributed by atoms with van der Waals surface area (Å²) in [4.78, 5) is 4.07. The summed E-state index contributed by atoms with van der Waals surface area (Å²) in [6, 6.07) is 5.33. The van der Waals surface area contributed by atoms with Gasteiger partial charge in [0.1, 0.15) is 6.07 Å². The maximum Gasteiger partial charge on any atom is 0.214 e. The lowest BCUT2D eigenvalue weighted by Gasteiger charge is -2.15. The van der Waals surface area contributed by atoms with Crippen molar-refractivity contribution in [2.24, 2.45) is 5.92 Å². The molecule has 0 saturated carbocycles. The zero-order valence-corrected chi connectivity index (χ0v) is 11.1. The minimum atomic E-state index is 0.231. The van der Waals surface area contributed by atoms with Gasteiger partial charge in [0, 0.05) is 6.07 Å². The van der Waals surface area contributed by atoms with Crippen molar-refractivity contribution >= 4 is 5.69 Å². The summed E-state index contributed by atoms with van der Waals surface area (Å²) in [5.41, 5.74) is 6.23. The molecule has 0 aliphatic carbocycles. The summed E-state index contributed by atoms with van der Waals surface area (Å²) in [6.45, 7) is 5.01. The zero-order chi connectivity index (χ0) is 13.4. The molecule has 0 fully saturated rings. The number of ether oxygens (including phenoxy) is 1. The smallest absolute Gasteiger partial charge is 0.214 e. The number of rotatable bonds is 7. The minimum Gasteiger partial charge on any atom is -0.477 e. The highest BCUT2D eigenvalue weighted by atomic mass is 16.5. The number of nitrogens with zero attached hydrogens (tertiary/aromatic N) is 2. The van der Waals surface area contributed by atoms with Gasteiger partial charge in [0.2, 0.25) is 5.88 Å². The number of anilines is 1. The van der Waals surface area contributed by atoms with Crippen LogP contribution in [0.25, 0.3) is 0 Å². The van der Waals surface area contributed by atoms with Gasteiger partial charge in [-0.15, -0.1) is 0 Å². The molecule has 0 spiro atoms. The van der Waals surface area contributed by atoms with Gasteiger partial charge in [-0.1, -0.05) is 33.1 Å². The summed E-state index contributed by atoms with van der Waals surface area (Å²) in [5, 5.41) is 8.83. The van der Waals surface area contributed by atoms with Gasteiger partial charge < -0.3 is 10.5 Å². The van der Waals surface area contributed by atoms with Gasteiger partial charge in [-0.3, -0.25) is 0 Å². The molecule has 0 aliphatic rings. The molecule has 1 aromatic heterocycles. The molecule has 0 aliphatic heterocycles. The Morgan fingerprint density at radius 3 is 2.83 bits per heavy atom. The first kappa shape index (κ1) is 14.3. The molecular weight excluding hydrogens is 226 g/mol. The van der Waals surface area contributed by atoms with Crippen LogP contribution in [0.4, 0.5) is 5.69 Å². The summed E-state index contributed by atoms with van der Waals surface area (Å²) < 4.78 is 5.64. The Kier molecular flexibility index (Phi) is 5.99. The fraction of sp³-hybridized carbons (Fsp3) is 0.571. The number of pyridine rings is 1. The highest BCUT2D eigenvalue weighted by Crippen LogP contribution is 2.17. The van der Waals surface area contributed by atoms with Crippen LogP contribution in [0.3, 0.4) is 0 Å². The van der Waals surface area contributed by atoms with Crippen molar-refractivity contribution in [1.82, 2.24) is 4.98 Å². The van der Waals surface area contributed by atoms with Crippen molar-refractivity contribution in [2.45, 2.75) is 39.5 Å². The van der Waals surface area contributed by atoms with Gasteiger partial charge in [0.25, 0.3) is 0 Å². The molecule has 1 aromatic rings. The first-order valence-corrected chi connectivity index (χ1v) is 6.50. The average Bonchev–Trinajstić information content (AvgIpc) is 2.40. The molecular formula is C14H21N3O. The molecule has 1 rings (SSSR count). The van der Waals surface area contributed by atoms with Gasteiger partial charge in [0.05, 0.1) is 12.3 Å². The predicted octanol–water partition coefficient (Wildman–Crippen LogP) is 3.13. The first-order chi connectivity index (χ1) is 8.71. The number of nitriles is 1. The van der Waals surface area contributed by atoms with Crippen LogP contribution in [0, 0.1) is 17.2 Å². The maximum absolute atomic E-state index is 8.83. The Labute approximate surface area is 109 Å². The van der Waals surface area contributed by atoms with Gasteiger partial charge in [-0.05, 0) is 18.4 Å². The predicted molar refractivity (Wildman–Crippen MR) is 72.2 cm³/mol. The molecule has 0 bridgehead atoms. The molecule has 4 heteroatoms. The number of hydrogen-bond acceptors (Lipinski definition) is 4. The highest BCUT2D eigenvalue weighted by Gasteiger charge is 2.08. The Morgan fingerprint density at radius 1 is 1.44 bits per heavy atom. The number of nitrogen functional groups attached to an aromatic ring is 1. The van der Waals surface area contributed by atoms with E-state index in [1.807, 2.05) is 6.07 Å². The molecule has 1 heterocycles. The molecule has 18 heavy (non-hydrogen) atoms. The van der Waals surface area contributed by atoms with E-state index < -0.39 is 0 Å². The zero-order valence-electron chi connectivity index (χ0n) is 11.1. The minimum absolute atomic E-state index is 0.231. The van der Waals surface area contributed by atoms with Crippen LogP contribution in [0.5, 0.6) is 5.88 Å². The lowest BCUT2D eigenvalue weighted by molar-refractivity contribution is 0.226. The van der Waals surface area contributed by atoms with Crippen LogP contribution < -0.4 is 10.5 Å². The van der Waals surface area contributed by atoms with Crippen LogP contribution in [0.1, 0.15) is 45.2 Å². The third kappa shape index (κ3) is 4.25. The van der Waals surface area contributed by atoms with Gasteiger partial charge in [-0.25, -0.2) is 4.98 Å². The average molecular weight is 247 g/mol. The van der Waals surface area contributed by atoms with Crippen molar-refractivity contribution in [3.8, 4) is 11.9 Å². The lowest BCUT2D eigenvalue weighted by atomic mass is 10.0. The number of aromatic nitrogens is 1. The van der Waals surface area contributed by atoms with Crippen molar-refractivity contribution in [2.75, 3.05) is 12.3 Å². The van der Waals surface area contributed by atoms with Crippen LogP contribution in [0.15, 0.2) is 12.1 Å². The summed E-state index contributed by atoms with van der Waals surface area (Å²) in [6.07, 6.45) is 4.70. The van der Waals surface area contributed by atoms with Crippen LogP contribution in [-0.4, -0.2) is 11.6 Å². The summed E-state index contributed by atoms with van der Waals surface area (Å²) in [7, 11) is 0. The van der Waals surface area contributed by atoms with Crippen molar-refractivity contribution in [3.63, 3.8) is 0 Å². The van der Waals surface area contributed by atoms with E-state index in [-0.39, 0.29) is 5.69 Å². The normalized spacial score (nSPS) is 11.8. The van der Waals surface area contributed by atoms with Gasteiger partial charge in [-0.2, -0.15) is 5.26 Å². The largest absolute Gasteiger partial charge is 0.477 e. The fourth-order valence-corrected chi connectivity index (χ4v) is 1.72. The van der Waals surface area contributed by atoms with Crippen molar-refractivity contribution in [1.29, 1.82) is 5.26 Å². The second kappa shape index (κ2) is 7.54. The second-order valence-electron chi connectivity index (χ2n) is 4.43. The molecule has 1 atom stereocenters. The lowest BCUT2D eigenvalue weighted by Crippen LogP contribution is -2.12. The number of nitrogens with two attached hydrogens (primary N) is 1. The Bertz CT molecular complexity index is 412. The summed E-state index contributed by atoms with van der Waals surface area (Å²) >= 11 is 0. The quantitative estimate of drug-likeness (QED) is 0.803. The first-order valence-electron chi connectivity index (χ1n) is 6.50. The Hall–Kier alpha value is -1.76. The topological polar surface area (TPSA) is 71.9 Å². The van der Waals surface area contributed by atoms with Crippen LogP contribution in [0.2, 0.25) is 0 Å². The van der Waals surface area contributed by atoms with E-state index in [9.17, 15) is 0 Å². The molecule has 4 nitrogen and oxygen atoms in total. The van der Waals surface area contributed by atoms with E-state index in [4.69, 9.17) is 15.7 Å². The maximum atomic E-state index is 8.83. The monoisotopic (exact) mass is 247 g/mol. The Morgan fingerprint density at radius 2 is 2.22 bits per heavy atom. The molecule has 2 N–H and O–H groups in total. The number of hydrogen-bond donors (Lipinski definition) is 1. The van der Waals surface area contributed by atoms with E-state index in [1.165, 1.54) is 19.3 Å². The van der Waals surface area contributed by atoms with E-state index in [1.54, 1.807) is 12.1 Å². The van der Waals surface area contributed by atoms with Gasteiger partial charge >= 0.3 is 0 Å². The Balaban J connectivity index is 2.54. The van der Waals surface area contributed by atoms with Crippen LogP contribution >= 0.6 is 0 Å². The summed E-state index contributed by atoms with van der Waals surface area (Å²) in [5.74, 6) is 1.03. The number of unbranched alkanes of at least 4 members (excludes halogenated alkanes) is 1. The molecule has 0 radical (unpaired) electrons. The van der Waals surface area contributed by atoms with Crippen LogP contribution in [-0.2, 0) is 0 Å². The van der Waals surface area contributed by atoms with E-state index in [2.05, 4.69) is 18.8 Å².